The van der Waals surface area contributed by atoms with Gasteiger partial charge in [0.05, 0.1) is 0 Å². The first kappa shape index (κ1) is 23.1. The maximum Gasteiger partial charge on any atom is 0.328 e. The molecule has 32 heavy (non-hydrogen) atoms. The van der Waals surface area contributed by atoms with E-state index in [2.05, 4.69) is 41.8 Å². The van der Waals surface area contributed by atoms with Crippen LogP contribution in [0.1, 0.15) is 30.2 Å². The number of hydrogen-bond acceptors (Lipinski definition) is 4. The number of benzene rings is 2. The number of rotatable bonds is 7. The van der Waals surface area contributed by atoms with Gasteiger partial charge in [-0.2, -0.15) is 0 Å². The fraction of sp³-hybridized carbons (Fsp3) is 0.280. The molecule has 168 valence electrons. The lowest BCUT2D eigenvalue weighted by molar-refractivity contribution is -0.134. The van der Waals surface area contributed by atoms with E-state index >= 15 is 0 Å². The summed E-state index contributed by atoms with van der Waals surface area (Å²) in [5.41, 5.74) is 11.5. The van der Waals surface area contributed by atoms with Crippen LogP contribution in [-0.2, 0) is 35.6 Å². The van der Waals surface area contributed by atoms with Gasteiger partial charge in [0.2, 0.25) is 0 Å². The Bertz CT molecular complexity index is 1100. The van der Waals surface area contributed by atoms with Crippen molar-refractivity contribution in [3.63, 3.8) is 0 Å². The molecule has 0 radical (unpaired) electrons. The molecule has 1 unspecified atom stereocenters. The average Bonchev–Trinajstić information content (AvgIpc) is 3.34. The monoisotopic (exact) mass is 436 g/mol. The van der Waals surface area contributed by atoms with Gasteiger partial charge in [0.15, 0.2) is 0 Å². The molecule has 0 bridgehead atoms. The fourth-order valence-electron chi connectivity index (χ4n) is 3.92. The number of aliphatic carboxylic acids is 2. The molecule has 2 heterocycles. The minimum atomic E-state index is -1.26. The van der Waals surface area contributed by atoms with Crippen molar-refractivity contribution in [3.05, 3.63) is 77.5 Å². The second kappa shape index (κ2) is 10.6. The summed E-state index contributed by atoms with van der Waals surface area (Å²) in [5.74, 6) is -1.58. The Hall–Kier alpha value is -3.58. The second-order valence-corrected chi connectivity index (χ2v) is 7.82. The van der Waals surface area contributed by atoms with Crippen molar-refractivity contribution >= 4 is 22.8 Å². The second-order valence-electron chi connectivity index (χ2n) is 7.82. The molecule has 0 saturated carbocycles. The highest BCUT2D eigenvalue weighted by Gasteiger charge is 2.21. The average molecular weight is 437 g/mol. The number of nitrogens with two attached hydrogens (primary N) is 1. The first-order valence-corrected chi connectivity index (χ1v) is 10.6. The highest BCUT2D eigenvalue weighted by molar-refractivity contribution is 5.89. The molecule has 0 fully saturated rings. The minimum Gasteiger partial charge on any atom is -0.489 e. The lowest BCUT2D eigenvalue weighted by Crippen LogP contribution is -2.18. The van der Waals surface area contributed by atoms with Gasteiger partial charge in [-0.15, -0.1) is 0 Å². The van der Waals surface area contributed by atoms with Crippen LogP contribution in [0.25, 0.3) is 10.9 Å². The highest BCUT2D eigenvalue weighted by Crippen LogP contribution is 2.34. The number of carboxylic acids is 2. The third-order valence-electron chi connectivity index (χ3n) is 5.20. The van der Waals surface area contributed by atoms with Crippen LogP contribution in [0.2, 0.25) is 0 Å². The molecular formula is C25H28N2O5. The third kappa shape index (κ3) is 5.98. The summed E-state index contributed by atoms with van der Waals surface area (Å²) >= 11 is 0. The van der Waals surface area contributed by atoms with Crippen LogP contribution in [0.3, 0.4) is 0 Å². The first-order chi connectivity index (χ1) is 15.3. The number of hydrogen-bond donors (Lipinski definition) is 3. The van der Waals surface area contributed by atoms with Crippen LogP contribution < -0.4 is 10.5 Å². The van der Waals surface area contributed by atoms with E-state index in [4.69, 9.17) is 20.7 Å². The number of ether oxygens (including phenoxy) is 1. The molecule has 2 aromatic carbocycles. The van der Waals surface area contributed by atoms with Crippen molar-refractivity contribution in [1.29, 1.82) is 0 Å². The van der Waals surface area contributed by atoms with Crippen molar-refractivity contribution in [2.75, 3.05) is 0 Å². The molecule has 0 saturated heterocycles. The van der Waals surface area contributed by atoms with E-state index in [0.717, 1.165) is 25.1 Å². The van der Waals surface area contributed by atoms with Crippen LogP contribution in [0.5, 0.6) is 5.75 Å². The van der Waals surface area contributed by atoms with Crippen molar-refractivity contribution in [2.24, 2.45) is 5.73 Å². The predicted octanol–water partition coefficient (Wildman–Crippen LogP) is 3.77. The van der Waals surface area contributed by atoms with E-state index in [-0.39, 0.29) is 6.04 Å². The quantitative estimate of drug-likeness (QED) is 0.486. The molecule has 4 rings (SSSR count). The van der Waals surface area contributed by atoms with E-state index in [9.17, 15) is 9.59 Å². The molecule has 1 atom stereocenters. The first-order valence-electron chi connectivity index (χ1n) is 10.6. The Morgan fingerprint density at radius 3 is 2.44 bits per heavy atom. The summed E-state index contributed by atoms with van der Waals surface area (Å²) in [5, 5.41) is 16.9. The normalized spacial score (nSPS) is 13.4. The molecule has 1 aromatic heterocycles. The zero-order valence-electron chi connectivity index (χ0n) is 18.0. The van der Waals surface area contributed by atoms with Crippen LogP contribution >= 0.6 is 0 Å². The van der Waals surface area contributed by atoms with Gasteiger partial charge in [0.25, 0.3) is 0 Å². The van der Waals surface area contributed by atoms with Gasteiger partial charge in [-0.05, 0) is 55.5 Å². The Balaban J connectivity index is 0.000000312. The molecule has 7 heteroatoms. The minimum absolute atomic E-state index is 0.176. The molecule has 0 spiro atoms. The van der Waals surface area contributed by atoms with Gasteiger partial charge >= 0.3 is 11.9 Å². The van der Waals surface area contributed by atoms with Gasteiger partial charge < -0.3 is 25.3 Å². The Labute approximate surface area is 186 Å². The van der Waals surface area contributed by atoms with Crippen LogP contribution in [-0.4, -0.2) is 32.8 Å². The van der Waals surface area contributed by atoms with Gasteiger partial charge in [-0.3, -0.25) is 0 Å². The molecule has 4 N–H and O–H groups in total. The number of carbonyl (C=O) groups is 2. The van der Waals surface area contributed by atoms with E-state index in [1.807, 2.05) is 18.2 Å². The Morgan fingerprint density at radius 2 is 1.81 bits per heavy atom. The Kier molecular flexibility index (Phi) is 7.68. The van der Waals surface area contributed by atoms with E-state index in [1.54, 1.807) is 0 Å². The lowest BCUT2D eigenvalue weighted by Gasteiger charge is -2.09. The molecule has 1 aliphatic heterocycles. The fourth-order valence-corrected chi connectivity index (χ4v) is 3.92. The van der Waals surface area contributed by atoms with Crippen molar-refractivity contribution in [1.82, 2.24) is 4.57 Å². The summed E-state index contributed by atoms with van der Waals surface area (Å²) < 4.78 is 8.49. The molecule has 0 aliphatic carbocycles. The van der Waals surface area contributed by atoms with E-state index < -0.39 is 11.9 Å². The zero-order chi connectivity index (χ0) is 23.1. The summed E-state index contributed by atoms with van der Waals surface area (Å²) in [6, 6.07) is 17.0. The summed E-state index contributed by atoms with van der Waals surface area (Å²) in [6.07, 6.45) is 4.45. The molecule has 3 aromatic rings. The summed E-state index contributed by atoms with van der Waals surface area (Å²) in [7, 11) is 0. The summed E-state index contributed by atoms with van der Waals surface area (Å²) in [6.45, 7) is 3.80. The third-order valence-corrected chi connectivity index (χ3v) is 5.20. The topological polar surface area (TPSA) is 115 Å². The zero-order valence-corrected chi connectivity index (χ0v) is 18.0. The number of fused-ring (bicyclic) bond motifs is 3. The predicted molar refractivity (Wildman–Crippen MR) is 123 cm³/mol. The highest BCUT2D eigenvalue weighted by atomic mass is 16.5. The van der Waals surface area contributed by atoms with E-state index in [1.165, 1.54) is 34.1 Å². The smallest absolute Gasteiger partial charge is 0.328 e. The Morgan fingerprint density at radius 1 is 1.12 bits per heavy atom. The largest absolute Gasteiger partial charge is 0.489 e. The lowest BCUT2D eigenvalue weighted by atomic mass is 10.0. The maximum atomic E-state index is 9.55. The molecule has 1 aliphatic rings. The van der Waals surface area contributed by atoms with Crippen LogP contribution in [0, 0.1) is 0 Å². The molecular weight excluding hydrogens is 408 g/mol. The van der Waals surface area contributed by atoms with Crippen molar-refractivity contribution in [3.8, 4) is 5.75 Å². The van der Waals surface area contributed by atoms with E-state index in [0.29, 0.717) is 18.8 Å². The van der Waals surface area contributed by atoms with Crippen molar-refractivity contribution in [2.45, 2.75) is 45.4 Å². The SMILES string of the molecule is CC(N)Cc1c2n(c3ccc(OCc4ccccc4)cc13)CCC2.O=C(O)C=CC(=O)O. The number of aryl methyl sites for hydroxylation is 1. The molecule has 7 nitrogen and oxygen atoms in total. The number of aromatic nitrogens is 1. The maximum absolute atomic E-state index is 9.55. The number of nitrogens with zero attached hydrogens (tertiary/aromatic N) is 1. The number of carboxylic acid groups (broad SMARTS) is 2. The standard InChI is InChI=1S/C21H24N2O.C4H4O4/c1-15(22)12-18-19-13-17(24-14-16-6-3-2-4-7-16)9-10-21(19)23-11-5-8-20(18)23;5-3(6)1-2-4(7)8/h2-4,6-7,9-10,13,15H,5,8,11-12,14,22H2,1H3;1-2H,(H,5,6)(H,7,8). The van der Waals surface area contributed by atoms with Crippen LogP contribution in [0.15, 0.2) is 60.7 Å². The summed E-state index contributed by atoms with van der Waals surface area (Å²) in [4.78, 5) is 19.1. The van der Waals surface area contributed by atoms with Crippen LogP contribution in [0.4, 0.5) is 0 Å². The van der Waals surface area contributed by atoms with Gasteiger partial charge in [0, 0.05) is 41.3 Å². The van der Waals surface area contributed by atoms with Gasteiger partial charge in [-0.1, -0.05) is 30.3 Å². The van der Waals surface area contributed by atoms with Gasteiger partial charge in [-0.25, -0.2) is 9.59 Å². The van der Waals surface area contributed by atoms with Crippen molar-refractivity contribution < 1.29 is 24.5 Å². The molecule has 0 amide bonds. The van der Waals surface area contributed by atoms with Gasteiger partial charge in [0.1, 0.15) is 12.4 Å².